The Bertz CT molecular complexity index is 608. The van der Waals surface area contributed by atoms with Gasteiger partial charge in [0.05, 0.1) is 12.5 Å². The lowest BCUT2D eigenvalue weighted by atomic mass is 10.3. The van der Waals surface area contributed by atoms with Crippen molar-refractivity contribution in [2.45, 2.75) is 36.2 Å². The topological polar surface area (TPSA) is 36.9 Å². The summed E-state index contributed by atoms with van der Waals surface area (Å²) in [4.78, 5) is 2.23. The summed E-state index contributed by atoms with van der Waals surface area (Å²) < 4.78 is 21.5. The van der Waals surface area contributed by atoms with E-state index in [0.717, 1.165) is 21.3 Å². The van der Waals surface area contributed by atoms with E-state index in [1.54, 1.807) is 11.8 Å². The van der Waals surface area contributed by atoms with Crippen molar-refractivity contribution in [3.8, 4) is 11.5 Å². The fourth-order valence-electron chi connectivity index (χ4n) is 2.02. The maximum Gasteiger partial charge on any atom is 0.237 e. The molecule has 25 heavy (non-hydrogen) atoms. The summed E-state index contributed by atoms with van der Waals surface area (Å²) in [6.45, 7) is 10.6. The average molecular weight is 358 g/mol. The monoisotopic (exact) mass is 358 g/mol. The molecule has 132 valence electrons. The molecule has 2 aromatic carbocycles. The Morgan fingerprint density at radius 1 is 0.720 bits per heavy atom. The second-order valence-corrected chi connectivity index (χ2v) is 6.17. The highest BCUT2D eigenvalue weighted by atomic mass is 32.2. The van der Waals surface area contributed by atoms with Gasteiger partial charge in [0.25, 0.3) is 0 Å². The van der Waals surface area contributed by atoms with E-state index in [2.05, 4.69) is 13.2 Å². The van der Waals surface area contributed by atoms with Crippen LogP contribution >= 0.6 is 11.8 Å². The zero-order valence-corrected chi connectivity index (χ0v) is 15.2. The lowest BCUT2D eigenvalue weighted by molar-refractivity contribution is -0.0135. The summed E-state index contributed by atoms with van der Waals surface area (Å²) in [5.74, 6) is 1.50. The first kappa shape index (κ1) is 18.8. The van der Waals surface area contributed by atoms with E-state index in [1.807, 2.05) is 62.4 Å². The molecule has 0 aliphatic heterocycles. The van der Waals surface area contributed by atoms with Gasteiger partial charge in [0.15, 0.2) is 0 Å². The van der Waals surface area contributed by atoms with E-state index >= 15 is 0 Å². The number of rotatable bonds is 10. The first-order valence-electron chi connectivity index (χ1n) is 7.84. The third-order valence-electron chi connectivity index (χ3n) is 3.06. The van der Waals surface area contributed by atoms with Crippen LogP contribution in [0, 0.1) is 0 Å². The number of hydrogen-bond acceptors (Lipinski definition) is 5. The molecular formula is C20H22O4S. The zero-order valence-electron chi connectivity index (χ0n) is 14.4. The Morgan fingerprint density at radius 2 is 1.08 bits per heavy atom. The van der Waals surface area contributed by atoms with Gasteiger partial charge in [0, 0.05) is 23.6 Å². The molecule has 0 bridgehead atoms. The molecule has 0 amide bonds. The minimum atomic E-state index is -0.365. The molecule has 2 unspecified atom stereocenters. The second kappa shape index (κ2) is 9.69. The SMILES string of the molecule is C=COC(C)Oc1ccc(Sc2ccc(OC(C)OC=C)cc2)cc1. The molecule has 4 nitrogen and oxygen atoms in total. The predicted octanol–water partition coefficient (Wildman–Crippen LogP) is 5.61. The molecule has 2 atom stereocenters. The summed E-state index contributed by atoms with van der Waals surface area (Å²) in [6, 6.07) is 15.7. The van der Waals surface area contributed by atoms with Crippen molar-refractivity contribution in [2.24, 2.45) is 0 Å². The molecule has 0 spiro atoms. The van der Waals surface area contributed by atoms with E-state index in [0.29, 0.717) is 0 Å². The summed E-state index contributed by atoms with van der Waals surface area (Å²) >= 11 is 1.66. The van der Waals surface area contributed by atoms with Crippen LogP contribution in [-0.4, -0.2) is 12.6 Å². The molecule has 2 aromatic rings. The summed E-state index contributed by atoms with van der Waals surface area (Å²) in [7, 11) is 0. The van der Waals surface area contributed by atoms with Crippen molar-refractivity contribution in [2.75, 3.05) is 0 Å². The molecule has 5 heteroatoms. The van der Waals surface area contributed by atoms with Crippen LogP contribution in [0.2, 0.25) is 0 Å². The minimum Gasteiger partial charge on any atom is -0.463 e. The summed E-state index contributed by atoms with van der Waals surface area (Å²) in [6.07, 6.45) is 2.01. The van der Waals surface area contributed by atoms with Gasteiger partial charge < -0.3 is 18.9 Å². The largest absolute Gasteiger partial charge is 0.463 e. The molecular weight excluding hydrogens is 336 g/mol. The maximum absolute atomic E-state index is 5.59. The highest BCUT2D eigenvalue weighted by Crippen LogP contribution is 2.30. The molecule has 0 aliphatic rings. The van der Waals surface area contributed by atoms with Crippen LogP contribution in [0.15, 0.2) is 84.0 Å². The molecule has 0 saturated heterocycles. The van der Waals surface area contributed by atoms with E-state index in [-0.39, 0.29) is 12.6 Å². The summed E-state index contributed by atoms with van der Waals surface area (Å²) in [5, 5.41) is 0. The normalized spacial score (nSPS) is 12.6. The number of hydrogen-bond donors (Lipinski definition) is 0. The molecule has 0 N–H and O–H groups in total. The second-order valence-electron chi connectivity index (χ2n) is 5.02. The van der Waals surface area contributed by atoms with Gasteiger partial charge in [-0.3, -0.25) is 0 Å². The fraction of sp³-hybridized carbons (Fsp3) is 0.200. The van der Waals surface area contributed by atoms with Crippen molar-refractivity contribution in [3.05, 3.63) is 74.2 Å². The van der Waals surface area contributed by atoms with Gasteiger partial charge in [-0.25, -0.2) is 0 Å². The highest BCUT2D eigenvalue weighted by molar-refractivity contribution is 7.99. The maximum atomic E-state index is 5.59. The van der Waals surface area contributed by atoms with Crippen LogP contribution in [0.25, 0.3) is 0 Å². The molecule has 0 radical (unpaired) electrons. The predicted molar refractivity (Wildman–Crippen MR) is 99.8 cm³/mol. The molecule has 0 aromatic heterocycles. The molecule has 0 fully saturated rings. The van der Waals surface area contributed by atoms with Crippen LogP contribution in [0.4, 0.5) is 0 Å². The van der Waals surface area contributed by atoms with Crippen molar-refractivity contribution >= 4 is 11.8 Å². The van der Waals surface area contributed by atoms with E-state index in [1.165, 1.54) is 12.5 Å². The smallest absolute Gasteiger partial charge is 0.237 e. The lowest BCUT2D eigenvalue weighted by Gasteiger charge is -2.14. The Kier molecular flexibility index (Phi) is 7.29. The Balaban J connectivity index is 1.91. The van der Waals surface area contributed by atoms with Crippen molar-refractivity contribution in [1.82, 2.24) is 0 Å². The van der Waals surface area contributed by atoms with Crippen molar-refractivity contribution in [3.63, 3.8) is 0 Å². The van der Waals surface area contributed by atoms with Gasteiger partial charge in [0.1, 0.15) is 11.5 Å². The number of benzene rings is 2. The average Bonchev–Trinajstić information content (AvgIpc) is 2.59. The Hall–Kier alpha value is -2.53. The third kappa shape index (κ3) is 6.47. The molecule has 2 rings (SSSR count). The van der Waals surface area contributed by atoms with Crippen LogP contribution in [-0.2, 0) is 9.47 Å². The van der Waals surface area contributed by atoms with Crippen LogP contribution in [0.3, 0.4) is 0 Å². The molecule has 0 aliphatic carbocycles. The standard InChI is InChI=1S/C20H22O4S/c1-5-21-15(3)23-17-7-11-19(12-8-17)25-20-13-9-18(10-14-20)24-16(4)22-6-2/h5-16H,1-2H2,3-4H3. The molecule has 0 saturated carbocycles. The quantitative estimate of drug-likeness (QED) is 0.408. The zero-order chi connectivity index (χ0) is 18.1. The van der Waals surface area contributed by atoms with E-state index < -0.39 is 0 Å². The third-order valence-corrected chi connectivity index (χ3v) is 4.08. The minimum absolute atomic E-state index is 0.365. The molecule has 0 heterocycles. The lowest BCUT2D eigenvalue weighted by Crippen LogP contribution is -2.12. The van der Waals surface area contributed by atoms with Gasteiger partial charge in [-0.1, -0.05) is 24.9 Å². The number of ether oxygens (including phenoxy) is 4. The van der Waals surface area contributed by atoms with Crippen LogP contribution < -0.4 is 9.47 Å². The van der Waals surface area contributed by atoms with E-state index in [4.69, 9.17) is 18.9 Å². The van der Waals surface area contributed by atoms with Gasteiger partial charge >= 0.3 is 0 Å². The van der Waals surface area contributed by atoms with Crippen LogP contribution in [0.5, 0.6) is 11.5 Å². The highest BCUT2D eigenvalue weighted by Gasteiger charge is 2.05. The first-order chi connectivity index (χ1) is 12.1. The Morgan fingerprint density at radius 3 is 1.40 bits per heavy atom. The van der Waals surface area contributed by atoms with Gasteiger partial charge in [-0.05, 0) is 48.5 Å². The Labute approximate surface area is 153 Å². The van der Waals surface area contributed by atoms with Crippen molar-refractivity contribution < 1.29 is 18.9 Å². The van der Waals surface area contributed by atoms with E-state index in [9.17, 15) is 0 Å². The van der Waals surface area contributed by atoms with Crippen molar-refractivity contribution in [1.29, 1.82) is 0 Å². The summed E-state index contributed by atoms with van der Waals surface area (Å²) in [5.41, 5.74) is 0. The van der Waals surface area contributed by atoms with Crippen LogP contribution in [0.1, 0.15) is 13.8 Å². The first-order valence-corrected chi connectivity index (χ1v) is 8.66. The fourth-order valence-corrected chi connectivity index (χ4v) is 2.83. The van der Waals surface area contributed by atoms with Gasteiger partial charge in [0.2, 0.25) is 12.6 Å². The van der Waals surface area contributed by atoms with Gasteiger partial charge in [-0.15, -0.1) is 0 Å². The van der Waals surface area contributed by atoms with Gasteiger partial charge in [-0.2, -0.15) is 0 Å².